The maximum absolute atomic E-state index is 11.5. The van der Waals surface area contributed by atoms with Gasteiger partial charge in [-0.3, -0.25) is 0 Å². The number of carbonyl (C=O) groups excluding carboxylic acids is 1. The number of aromatic nitrogens is 2. The number of hydrogen-bond donors (Lipinski definition) is 1. The van der Waals surface area contributed by atoms with Crippen LogP contribution in [-0.4, -0.2) is 21.9 Å². The van der Waals surface area contributed by atoms with Crippen LogP contribution in [0.25, 0.3) is 0 Å². The number of rotatable bonds is 3. The van der Waals surface area contributed by atoms with Gasteiger partial charge in [0.1, 0.15) is 5.82 Å². The van der Waals surface area contributed by atoms with Gasteiger partial charge in [0.25, 0.3) is 0 Å². The molecule has 5 nitrogen and oxygen atoms in total. The number of nitrogens with two attached hydrogens (primary N) is 1. The summed E-state index contributed by atoms with van der Waals surface area (Å²) in [5, 5.41) is 4.08. The van der Waals surface area contributed by atoms with Crippen LogP contribution in [0.4, 0.5) is 5.82 Å². The van der Waals surface area contributed by atoms with Crippen LogP contribution in [0, 0.1) is 0 Å². The number of hydrogen-bond acceptors (Lipinski definition) is 4. The molecule has 0 atom stereocenters. The first-order valence-corrected chi connectivity index (χ1v) is 4.97. The summed E-state index contributed by atoms with van der Waals surface area (Å²) in [4.78, 5) is 11.5. The van der Waals surface area contributed by atoms with E-state index in [1.165, 1.54) is 6.07 Å². The van der Waals surface area contributed by atoms with Crippen molar-refractivity contribution in [2.24, 2.45) is 0 Å². The molecule has 0 fully saturated rings. The highest BCUT2D eigenvalue weighted by atomic mass is 16.5. The highest BCUT2D eigenvalue weighted by molar-refractivity contribution is 5.88. The van der Waals surface area contributed by atoms with Gasteiger partial charge in [0, 0.05) is 12.1 Å². The summed E-state index contributed by atoms with van der Waals surface area (Å²) in [5.74, 6) is 0.0387. The van der Waals surface area contributed by atoms with Gasteiger partial charge < -0.3 is 10.5 Å². The Labute approximate surface area is 89.2 Å². The minimum atomic E-state index is -0.434. The number of ether oxygens (including phenoxy) is 1. The first-order valence-electron chi connectivity index (χ1n) is 4.97. The van der Waals surface area contributed by atoms with Gasteiger partial charge in [-0.25, -0.2) is 9.48 Å². The zero-order valence-corrected chi connectivity index (χ0v) is 9.52. The third kappa shape index (κ3) is 2.71. The Kier molecular flexibility index (Phi) is 3.34. The van der Waals surface area contributed by atoms with Crippen molar-refractivity contribution in [1.29, 1.82) is 0 Å². The van der Waals surface area contributed by atoms with E-state index in [1.54, 1.807) is 18.5 Å². The van der Waals surface area contributed by atoms with Gasteiger partial charge in [0.15, 0.2) is 5.69 Å². The van der Waals surface area contributed by atoms with Crippen molar-refractivity contribution in [2.45, 2.75) is 39.8 Å². The summed E-state index contributed by atoms with van der Waals surface area (Å²) in [5.41, 5.74) is 5.96. The summed E-state index contributed by atoms with van der Waals surface area (Å²) in [6.45, 7) is 7.48. The Morgan fingerprint density at radius 3 is 2.47 bits per heavy atom. The van der Waals surface area contributed by atoms with Gasteiger partial charge in [-0.05, 0) is 27.7 Å². The maximum Gasteiger partial charge on any atom is 0.359 e. The molecule has 0 aliphatic heterocycles. The highest BCUT2D eigenvalue weighted by Crippen LogP contribution is 2.13. The Morgan fingerprint density at radius 2 is 2.07 bits per heavy atom. The lowest BCUT2D eigenvalue weighted by atomic mass is 10.4. The van der Waals surface area contributed by atoms with Crippen LogP contribution < -0.4 is 5.73 Å². The molecule has 1 aromatic rings. The third-order valence-electron chi connectivity index (χ3n) is 1.81. The largest absolute Gasteiger partial charge is 0.458 e. The zero-order chi connectivity index (χ0) is 11.6. The van der Waals surface area contributed by atoms with E-state index >= 15 is 0 Å². The normalized spacial score (nSPS) is 11.1. The van der Waals surface area contributed by atoms with Crippen LogP contribution in [-0.2, 0) is 4.74 Å². The van der Waals surface area contributed by atoms with E-state index in [0.29, 0.717) is 5.82 Å². The number of carbonyl (C=O) groups is 1. The summed E-state index contributed by atoms with van der Waals surface area (Å²) < 4.78 is 6.61. The molecule has 15 heavy (non-hydrogen) atoms. The molecular formula is C10H17N3O2. The van der Waals surface area contributed by atoms with Crippen LogP contribution in [0.3, 0.4) is 0 Å². The van der Waals surface area contributed by atoms with Gasteiger partial charge in [-0.15, -0.1) is 0 Å². The number of nitrogen functional groups attached to an aromatic ring is 1. The Bertz CT molecular complexity index is 356. The SMILES string of the molecule is CC(C)OC(=O)c1cc(N)n(C(C)C)n1. The summed E-state index contributed by atoms with van der Waals surface area (Å²) >= 11 is 0. The van der Waals surface area contributed by atoms with Gasteiger partial charge in [-0.1, -0.05) is 0 Å². The fourth-order valence-corrected chi connectivity index (χ4v) is 1.20. The van der Waals surface area contributed by atoms with Crippen molar-refractivity contribution in [3.63, 3.8) is 0 Å². The predicted molar refractivity (Wildman–Crippen MR) is 57.6 cm³/mol. The number of esters is 1. The molecule has 84 valence electrons. The zero-order valence-electron chi connectivity index (χ0n) is 9.52. The molecule has 0 spiro atoms. The molecule has 0 amide bonds. The average Bonchev–Trinajstić information content (AvgIpc) is 2.46. The summed E-state index contributed by atoms with van der Waals surface area (Å²) in [6, 6.07) is 1.66. The quantitative estimate of drug-likeness (QED) is 0.771. The minimum absolute atomic E-state index is 0.130. The molecule has 0 bridgehead atoms. The maximum atomic E-state index is 11.5. The molecule has 0 saturated carbocycles. The monoisotopic (exact) mass is 211 g/mol. The van der Waals surface area contributed by atoms with Gasteiger partial charge in [0.2, 0.25) is 0 Å². The van der Waals surface area contributed by atoms with Crippen molar-refractivity contribution >= 4 is 11.8 Å². The van der Waals surface area contributed by atoms with Crippen molar-refractivity contribution in [3.8, 4) is 0 Å². The first-order chi connectivity index (χ1) is 6.91. The Balaban J connectivity index is 2.87. The van der Waals surface area contributed by atoms with E-state index in [1.807, 2.05) is 13.8 Å². The molecule has 1 aromatic heterocycles. The molecule has 0 unspecified atom stereocenters. The van der Waals surface area contributed by atoms with Crippen molar-refractivity contribution in [1.82, 2.24) is 9.78 Å². The highest BCUT2D eigenvalue weighted by Gasteiger charge is 2.16. The molecule has 1 heterocycles. The fraction of sp³-hybridized carbons (Fsp3) is 0.600. The van der Waals surface area contributed by atoms with Crippen LogP contribution in [0.15, 0.2) is 6.07 Å². The van der Waals surface area contributed by atoms with E-state index in [4.69, 9.17) is 10.5 Å². The van der Waals surface area contributed by atoms with Gasteiger partial charge in [0.05, 0.1) is 6.10 Å². The standard InChI is InChI=1S/C10H17N3O2/c1-6(2)13-9(11)5-8(12-13)10(14)15-7(3)4/h5-7H,11H2,1-4H3. The molecule has 0 aliphatic rings. The van der Waals surface area contributed by atoms with E-state index in [2.05, 4.69) is 5.10 Å². The molecule has 5 heteroatoms. The lowest BCUT2D eigenvalue weighted by Crippen LogP contribution is -2.13. The van der Waals surface area contributed by atoms with Crippen molar-refractivity contribution in [2.75, 3.05) is 5.73 Å². The van der Waals surface area contributed by atoms with Crippen LogP contribution >= 0.6 is 0 Å². The van der Waals surface area contributed by atoms with Crippen LogP contribution in [0.2, 0.25) is 0 Å². The lowest BCUT2D eigenvalue weighted by molar-refractivity contribution is 0.0369. The van der Waals surface area contributed by atoms with E-state index in [0.717, 1.165) is 0 Å². The topological polar surface area (TPSA) is 70.1 Å². The molecule has 0 saturated heterocycles. The fourth-order valence-electron chi connectivity index (χ4n) is 1.20. The molecule has 1 rings (SSSR count). The van der Waals surface area contributed by atoms with Gasteiger partial charge in [-0.2, -0.15) is 5.10 Å². The second-order valence-corrected chi connectivity index (χ2v) is 3.95. The number of nitrogens with zero attached hydrogens (tertiary/aromatic N) is 2. The lowest BCUT2D eigenvalue weighted by Gasteiger charge is -2.07. The Morgan fingerprint density at radius 1 is 1.47 bits per heavy atom. The predicted octanol–water partition coefficient (Wildman–Crippen LogP) is 1.61. The summed E-state index contributed by atoms with van der Waals surface area (Å²) in [6.07, 6.45) is -0.150. The molecule has 0 aliphatic carbocycles. The van der Waals surface area contributed by atoms with Crippen molar-refractivity contribution < 1.29 is 9.53 Å². The van der Waals surface area contributed by atoms with E-state index < -0.39 is 5.97 Å². The third-order valence-corrected chi connectivity index (χ3v) is 1.81. The minimum Gasteiger partial charge on any atom is -0.458 e. The molecule has 0 radical (unpaired) electrons. The second-order valence-electron chi connectivity index (χ2n) is 3.95. The van der Waals surface area contributed by atoms with Gasteiger partial charge >= 0.3 is 5.97 Å². The first kappa shape index (κ1) is 11.6. The number of anilines is 1. The van der Waals surface area contributed by atoms with E-state index in [-0.39, 0.29) is 17.8 Å². The Hall–Kier alpha value is -1.52. The van der Waals surface area contributed by atoms with Crippen molar-refractivity contribution in [3.05, 3.63) is 11.8 Å². The molecular weight excluding hydrogens is 194 g/mol. The smallest absolute Gasteiger partial charge is 0.359 e. The molecule has 0 aromatic carbocycles. The van der Waals surface area contributed by atoms with E-state index in [9.17, 15) is 4.79 Å². The van der Waals surface area contributed by atoms with Crippen LogP contribution in [0.5, 0.6) is 0 Å². The van der Waals surface area contributed by atoms with Crippen LogP contribution in [0.1, 0.15) is 44.2 Å². The molecule has 2 N–H and O–H groups in total. The average molecular weight is 211 g/mol. The summed E-state index contributed by atoms with van der Waals surface area (Å²) in [7, 11) is 0. The second kappa shape index (κ2) is 4.33.